The normalized spacial score (nSPS) is 18.8. The van der Waals surface area contributed by atoms with Crippen LogP contribution in [0.15, 0.2) is 42.1 Å². The van der Waals surface area contributed by atoms with Crippen molar-refractivity contribution >= 4 is 17.1 Å². The van der Waals surface area contributed by atoms with Gasteiger partial charge in [0.25, 0.3) is 0 Å². The number of Topliss-reactive ketones (excluding diaryl/α,β-unsaturated/α-hetero) is 1. The monoisotopic (exact) mass is 215 g/mol. The van der Waals surface area contributed by atoms with Gasteiger partial charge in [-0.15, -0.1) is 0 Å². The average Bonchev–Trinajstić information content (AvgIpc) is 2.78. The van der Waals surface area contributed by atoms with Crippen molar-refractivity contribution in [2.75, 3.05) is 0 Å². The minimum Gasteiger partial charge on any atom is -0.384 e. The summed E-state index contributed by atoms with van der Waals surface area (Å²) in [5, 5.41) is 3.91. The lowest BCUT2D eigenvalue weighted by atomic mass is 9.98. The Morgan fingerprint density at radius 2 is 2.12 bits per heavy atom. The van der Waals surface area contributed by atoms with Crippen LogP contribution < -0.4 is 0 Å². The fourth-order valence-corrected chi connectivity index (χ4v) is 1.58. The van der Waals surface area contributed by atoms with Crippen molar-refractivity contribution in [2.24, 2.45) is 5.16 Å². The highest BCUT2D eigenvalue weighted by Gasteiger charge is 2.26. The molecule has 0 unspecified atom stereocenters. The van der Waals surface area contributed by atoms with Gasteiger partial charge in [-0.25, -0.2) is 0 Å². The Hall–Kier alpha value is -1.90. The third kappa shape index (κ3) is 2.03. The van der Waals surface area contributed by atoms with Crippen molar-refractivity contribution in [1.29, 1.82) is 0 Å². The number of rotatable bonds is 3. The smallest absolute Gasteiger partial charge is 0.190 e. The van der Waals surface area contributed by atoms with Crippen molar-refractivity contribution in [2.45, 2.75) is 19.4 Å². The maximum Gasteiger partial charge on any atom is 0.190 e. The van der Waals surface area contributed by atoms with Crippen LogP contribution in [0, 0.1) is 0 Å². The van der Waals surface area contributed by atoms with Crippen LogP contribution in [0.25, 0.3) is 5.57 Å². The Morgan fingerprint density at radius 3 is 2.69 bits per heavy atom. The van der Waals surface area contributed by atoms with Crippen molar-refractivity contribution in [3.05, 3.63) is 42.5 Å². The van der Waals surface area contributed by atoms with Crippen LogP contribution in [-0.2, 0) is 9.63 Å². The first-order chi connectivity index (χ1) is 7.68. The maximum absolute atomic E-state index is 11.1. The molecule has 1 aliphatic rings. The van der Waals surface area contributed by atoms with Crippen molar-refractivity contribution in [3.8, 4) is 0 Å². The predicted molar refractivity (Wildman–Crippen MR) is 63.1 cm³/mol. The third-order valence-corrected chi connectivity index (χ3v) is 2.59. The lowest BCUT2D eigenvalue weighted by Crippen LogP contribution is -2.17. The molecule has 82 valence electrons. The molecule has 1 aliphatic heterocycles. The molecule has 0 bridgehead atoms. The topological polar surface area (TPSA) is 38.7 Å². The van der Waals surface area contributed by atoms with Crippen LogP contribution in [0.1, 0.15) is 18.9 Å². The molecule has 1 aromatic carbocycles. The summed E-state index contributed by atoms with van der Waals surface area (Å²) in [4.78, 5) is 16.2. The first kappa shape index (κ1) is 10.6. The van der Waals surface area contributed by atoms with Gasteiger partial charge in [0.1, 0.15) is 0 Å². The molecule has 3 nitrogen and oxygen atoms in total. The number of allylic oxidation sites excluding steroid dienone is 1. The number of ketones is 1. The second-order valence-electron chi connectivity index (χ2n) is 3.79. The van der Waals surface area contributed by atoms with Crippen LogP contribution in [-0.4, -0.2) is 17.6 Å². The van der Waals surface area contributed by atoms with Gasteiger partial charge in [-0.05, 0) is 18.1 Å². The quantitative estimate of drug-likeness (QED) is 0.776. The van der Waals surface area contributed by atoms with Gasteiger partial charge in [0.05, 0.1) is 5.71 Å². The highest BCUT2D eigenvalue weighted by atomic mass is 16.6. The predicted octanol–water partition coefficient (Wildman–Crippen LogP) is 2.43. The van der Waals surface area contributed by atoms with Gasteiger partial charge in [0.2, 0.25) is 0 Å². The van der Waals surface area contributed by atoms with E-state index in [0.717, 1.165) is 16.8 Å². The minimum absolute atomic E-state index is 0.000360. The zero-order chi connectivity index (χ0) is 11.5. The number of benzene rings is 1. The second kappa shape index (κ2) is 4.31. The second-order valence-corrected chi connectivity index (χ2v) is 3.79. The first-order valence-electron chi connectivity index (χ1n) is 5.16. The van der Waals surface area contributed by atoms with E-state index in [4.69, 9.17) is 4.84 Å². The molecule has 0 saturated carbocycles. The fourth-order valence-electron chi connectivity index (χ4n) is 1.58. The van der Waals surface area contributed by atoms with Crippen LogP contribution in [0.3, 0.4) is 0 Å². The Bertz CT molecular complexity index is 448. The van der Waals surface area contributed by atoms with E-state index in [9.17, 15) is 4.79 Å². The summed E-state index contributed by atoms with van der Waals surface area (Å²) in [5.41, 5.74) is 2.59. The lowest BCUT2D eigenvalue weighted by molar-refractivity contribution is -0.126. The lowest BCUT2D eigenvalue weighted by Gasteiger charge is -2.04. The largest absolute Gasteiger partial charge is 0.384 e. The molecular weight excluding hydrogens is 202 g/mol. The number of carbonyl (C=O) groups is 1. The molecule has 16 heavy (non-hydrogen) atoms. The Balaban J connectivity index is 2.11. The van der Waals surface area contributed by atoms with E-state index in [2.05, 4.69) is 11.7 Å². The van der Waals surface area contributed by atoms with E-state index in [0.29, 0.717) is 6.42 Å². The summed E-state index contributed by atoms with van der Waals surface area (Å²) in [5.74, 6) is -0.000360. The average molecular weight is 215 g/mol. The van der Waals surface area contributed by atoms with E-state index >= 15 is 0 Å². The number of carbonyl (C=O) groups excluding carboxylic acids is 1. The number of hydrogen-bond acceptors (Lipinski definition) is 3. The first-order valence-corrected chi connectivity index (χ1v) is 5.16. The Kier molecular flexibility index (Phi) is 2.86. The summed E-state index contributed by atoms with van der Waals surface area (Å²) in [6, 6.07) is 9.76. The summed E-state index contributed by atoms with van der Waals surface area (Å²) in [6.45, 7) is 5.49. The number of nitrogens with zero attached hydrogens (tertiary/aromatic N) is 1. The van der Waals surface area contributed by atoms with Crippen LogP contribution in [0.5, 0.6) is 0 Å². The standard InChI is InChI=1S/C13H13NO2/c1-9(11-6-4-3-5-7-11)12-8-13(10(2)15)16-14-12/h3-7,13H,1,8H2,2H3/t13-/m0/s1. The Morgan fingerprint density at radius 1 is 1.44 bits per heavy atom. The number of oxime groups is 1. The van der Waals surface area contributed by atoms with Crippen molar-refractivity contribution in [3.63, 3.8) is 0 Å². The molecule has 0 amide bonds. The molecule has 2 rings (SSSR count). The van der Waals surface area contributed by atoms with E-state index in [-0.39, 0.29) is 5.78 Å². The molecule has 3 heteroatoms. The van der Waals surface area contributed by atoms with Crippen LogP contribution in [0.2, 0.25) is 0 Å². The molecule has 0 aliphatic carbocycles. The molecule has 1 atom stereocenters. The van der Waals surface area contributed by atoms with Crippen molar-refractivity contribution in [1.82, 2.24) is 0 Å². The molecule has 0 spiro atoms. The summed E-state index contributed by atoms with van der Waals surface area (Å²) < 4.78 is 0. The third-order valence-electron chi connectivity index (χ3n) is 2.59. The molecule has 1 aromatic rings. The van der Waals surface area contributed by atoms with Gasteiger partial charge in [-0.2, -0.15) is 0 Å². The van der Waals surface area contributed by atoms with Crippen molar-refractivity contribution < 1.29 is 9.63 Å². The molecule has 0 radical (unpaired) electrons. The van der Waals surface area contributed by atoms with Gasteiger partial charge < -0.3 is 4.84 Å². The van der Waals surface area contributed by atoms with Gasteiger partial charge in [-0.3, -0.25) is 4.79 Å². The van der Waals surface area contributed by atoms with Crippen LogP contribution >= 0.6 is 0 Å². The van der Waals surface area contributed by atoms with Gasteiger partial charge >= 0.3 is 0 Å². The van der Waals surface area contributed by atoms with E-state index < -0.39 is 6.10 Å². The highest BCUT2D eigenvalue weighted by molar-refractivity contribution is 6.24. The molecule has 0 saturated heterocycles. The molecule has 0 fully saturated rings. The highest BCUT2D eigenvalue weighted by Crippen LogP contribution is 2.22. The van der Waals surface area contributed by atoms with E-state index in [1.54, 1.807) is 0 Å². The van der Waals surface area contributed by atoms with Crippen LogP contribution in [0.4, 0.5) is 0 Å². The minimum atomic E-state index is -0.435. The van der Waals surface area contributed by atoms with Gasteiger partial charge in [0, 0.05) is 6.42 Å². The summed E-state index contributed by atoms with van der Waals surface area (Å²) in [7, 11) is 0. The molecule has 0 N–H and O–H groups in total. The zero-order valence-electron chi connectivity index (χ0n) is 9.14. The molecule has 1 heterocycles. The summed E-state index contributed by atoms with van der Waals surface area (Å²) >= 11 is 0. The van der Waals surface area contributed by atoms with E-state index in [1.165, 1.54) is 6.92 Å². The van der Waals surface area contributed by atoms with E-state index in [1.807, 2.05) is 30.3 Å². The Labute approximate surface area is 94.4 Å². The fraction of sp³-hybridized carbons (Fsp3) is 0.231. The maximum atomic E-state index is 11.1. The summed E-state index contributed by atoms with van der Waals surface area (Å²) in [6.07, 6.45) is 0.0822. The SMILES string of the molecule is C=C(C1=NO[C@H](C(C)=O)C1)c1ccccc1. The number of hydrogen-bond donors (Lipinski definition) is 0. The molecule has 0 aromatic heterocycles. The van der Waals surface area contributed by atoms with Gasteiger partial charge in [0.15, 0.2) is 11.9 Å². The molecular formula is C13H13NO2. The zero-order valence-corrected chi connectivity index (χ0v) is 9.14. The van der Waals surface area contributed by atoms with Gasteiger partial charge in [-0.1, -0.05) is 42.1 Å².